The van der Waals surface area contributed by atoms with Crippen molar-refractivity contribution in [2.75, 3.05) is 25.6 Å². The maximum absolute atomic E-state index is 11.8. The third-order valence-corrected chi connectivity index (χ3v) is 3.74. The molecule has 1 aromatic carbocycles. The van der Waals surface area contributed by atoms with Crippen molar-refractivity contribution < 1.29 is 9.53 Å². The molecule has 130 valence electrons. The van der Waals surface area contributed by atoms with Gasteiger partial charge in [-0.2, -0.15) is 5.10 Å². The number of urea groups is 1. The minimum absolute atomic E-state index is 0.270. The van der Waals surface area contributed by atoms with Crippen molar-refractivity contribution in [3.63, 3.8) is 0 Å². The van der Waals surface area contributed by atoms with Crippen LogP contribution in [-0.4, -0.2) is 41.1 Å². The van der Waals surface area contributed by atoms with Crippen LogP contribution in [0.2, 0.25) is 0 Å². The number of benzene rings is 1. The average molecular weight is 339 g/mol. The van der Waals surface area contributed by atoms with E-state index in [1.165, 1.54) is 0 Å². The van der Waals surface area contributed by atoms with E-state index in [1.807, 2.05) is 36.5 Å². The highest BCUT2D eigenvalue weighted by Crippen LogP contribution is 2.17. The fraction of sp³-hybridized carbons (Fsp3) is 0.278. The Morgan fingerprint density at radius 2 is 2.12 bits per heavy atom. The van der Waals surface area contributed by atoms with Gasteiger partial charge in [0, 0.05) is 44.1 Å². The summed E-state index contributed by atoms with van der Waals surface area (Å²) in [4.78, 5) is 16.2. The predicted molar refractivity (Wildman–Crippen MR) is 96.6 cm³/mol. The van der Waals surface area contributed by atoms with Crippen molar-refractivity contribution in [2.24, 2.45) is 0 Å². The first-order valence-electron chi connectivity index (χ1n) is 8.16. The van der Waals surface area contributed by atoms with Crippen LogP contribution in [0.1, 0.15) is 12.0 Å². The third-order valence-electron chi connectivity index (χ3n) is 3.74. The van der Waals surface area contributed by atoms with Crippen LogP contribution in [0.3, 0.4) is 0 Å². The number of para-hydroxylation sites is 1. The highest BCUT2D eigenvalue weighted by atomic mass is 16.5. The summed E-state index contributed by atoms with van der Waals surface area (Å²) < 4.78 is 6.72. The van der Waals surface area contributed by atoms with E-state index in [-0.39, 0.29) is 6.03 Å². The number of pyridine rings is 1. The van der Waals surface area contributed by atoms with Crippen molar-refractivity contribution in [1.29, 1.82) is 0 Å². The van der Waals surface area contributed by atoms with Crippen LogP contribution < -0.4 is 10.6 Å². The average Bonchev–Trinajstić information content (AvgIpc) is 3.06. The minimum atomic E-state index is -0.270. The van der Waals surface area contributed by atoms with E-state index in [0.717, 1.165) is 22.9 Å². The Bertz CT molecular complexity index is 841. The summed E-state index contributed by atoms with van der Waals surface area (Å²) >= 11 is 0. The number of nitrogens with one attached hydrogen (secondary N) is 2. The van der Waals surface area contributed by atoms with Gasteiger partial charge in [0.15, 0.2) is 5.82 Å². The topological polar surface area (TPSA) is 81.1 Å². The Balaban J connectivity index is 1.61. The van der Waals surface area contributed by atoms with Gasteiger partial charge in [0.1, 0.15) is 0 Å². The van der Waals surface area contributed by atoms with Crippen LogP contribution in [-0.2, 0) is 11.3 Å². The van der Waals surface area contributed by atoms with Crippen LogP contribution in [0.4, 0.5) is 10.6 Å². The van der Waals surface area contributed by atoms with E-state index in [1.54, 1.807) is 24.1 Å². The van der Waals surface area contributed by atoms with Crippen LogP contribution in [0, 0.1) is 0 Å². The molecule has 0 atom stereocenters. The molecule has 25 heavy (non-hydrogen) atoms. The molecule has 7 heteroatoms. The van der Waals surface area contributed by atoms with E-state index in [0.29, 0.717) is 25.5 Å². The summed E-state index contributed by atoms with van der Waals surface area (Å²) in [5, 5.41) is 11.0. The molecular formula is C18H21N5O2. The molecule has 0 unspecified atom stereocenters. The number of fused-ring (bicyclic) bond motifs is 1. The zero-order valence-electron chi connectivity index (χ0n) is 14.1. The molecule has 0 fully saturated rings. The number of hydrogen-bond donors (Lipinski definition) is 2. The number of hydrogen-bond acceptors (Lipinski definition) is 4. The van der Waals surface area contributed by atoms with Gasteiger partial charge in [-0.25, -0.2) is 4.79 Å². The van der Waals surface area contributed by atoms with Gasteiger partial charge in [-0.1, -0.05) is 24.3 Å². The van der Waals surface area contributed by atoms with Gasteiger partial charge in [-0.3, -0.25) is 15.0 Å². The van der Waals surface area contributed by atoms with Gasteiger partial charge >= 0.3 is 6.03 Å². The molecule has 0 saturated carbocycles. The molecule has 0 aliphatic heterocycles. The number of amides is 2. The number of nitrogens with zero attached hydrogens (tertiary/aromatic N) is 3. The molecule has 0 aliphatic carbocycles. The molecule has 3 rings (SSSR count). The maximum atomic E-state index is 11.8. The Morgan fingerprint density at radius 3 is 3.00 bits per heavy atom. The fourth-order valence-electron chi connectivity index (χ4n) is 2.56. The van der Waals surface area contributed by atoms with E-state index in [2.05, 4.69) is 20.7 Å². The standard InChI is InChI=1S/C18H21N5O2/c1-25-12-4-10-20-18(24)21-16-8-11-23(22-16)13-15-6-2-5-14-7-3-9-19-17(14)15/h2-3,5-9,11H,4,10,12-13H2,1H3,(H2,20,21,22,24). The van der Waals surface area contributed by atoms with Crippen LogP contribution in [0.15, 0.2) is 48.8 Å². The van der Waals surface area contributed by atoms with E-state index < -0.39 is 0 Å². The summed E-state index contributed by atoms with van der Waals surface area (Å²) in [6, 6.07) is 11.5. The molecule has 2 heterocycles. The van der Waals surface area contributed by atoms with Gasteiger partial charge in [0.25, 0.3) is 0 Å². The lowest BCUT2D eigenvalue weighted by Gasteiger charge is -2.06. The molecule has 2 amide bonds. The number of methoxy groups -OCH3 is 1. The van der Waals surface area contributed by atoms with E-state index in [9.17, 15) is 4.79 Å². The number of aromatic nitrogens is 3. The van der Waals surface area contributed by atoms with Crippen molar-refractivity contribution in [3.8, 4) is 0 Å². The van der Waals surface area contributed by atoms with Gasteiger partial charge in [0.2, 0.25) is 0 Å². The molecule has 0 radical (unpaired) electrons. The predicted octanol–water partition coefficient (Wildman–Crippen LogP) is 2.64. The molecule has 0 aliphatic rings. The second-order valence-corrected chi connectivity index (χ2v) is 5.62. The lowest BCUT2D eigenvalue weighted by molar-refractivity contribution is 0.194. The number of rotatable bonds is 7. The zero-order chi connectivity index (χ0) is 17.5. The molecule has 2 N–H and O–H groups in total. The minimum Gasteiger partial charge on any atom is -0.385 e. The molecule has 3 aromatic rings. The summed E-state index contributed by atoms with van der Waals surface area (Å²) in [5.74, 6) is 0.512. The van der Waals surface area contributed by atoms with Crippen LogP contribution in [0.25, 0.3) is 10.9 Å². The molecule has 0 spiro atoms. The van der Waals surface area contributed by atoms with Crippen molar-refractivity contribution in [1.82, 2.24) is 20.1 Å². The fourth-order valence-corrected chi connectivity index (χ4v) is 2.56. The molecule has 2 aromatic heterocycles. The van der Waals surface area contributed by atoms with Gasteiger partial charge in [-0.15, -0.1) is 0 Å². The summed E-state index contributed by atoms with van der Waals surface area (Å²) in [6.07, 6.45) is 4.39. The zero-order valence-corrected chi connectivity index (χ0v) is 14.1. The molecular weight excluding hydrogens is 318 g/mol. The first kappa shape index (κ1) is 16.9. The first-order chi connectivity index (χ1) is 12.3. The van der Waals surface area contributed by atoms with E-state index in [4.69, 9.17) is 4.74 Å². The summed E-state index contributed by atoms with van der Waals surface area (Å²) in [5.41, 5.74) is 2.04. The maximum Gasteiger partial charge on any atom is 0.320 e. The van der Waals surface area contributed by atoms with Crippen molar-refractivity contribution >= 4 is 22.8 Å². The SMILES string of the molecule is COCCCNC(=O)Nc1ccn(Cc2cccc3cccnc23)n1. The molecule has 0 bridgehead atoms. The Hall–Kier alpha value is -2.93. The summed E-state index contributed by atoms with van der Waals surface area (Å²) in [6.45, 7) is 1.77. The largest absolute Gasteiger partial charge is 0.385 e. The van der Waals surface area contributed by atoms with Gasteiger partial charge < -0.3 is 10.1 Å². The lowest BCUT2D eigenvalue weighted by atomic mass is 10.1. The van der Waals surface area contributed by atoms with E-state index >= 15 is 0 Å². The normalized spacial score (nSPS) is 10.8. The lowest BCUT2D eigenvalue weighted by Crippen LogP contribution is -2.30. The number of ether oxygens (including phenoxy) is 1. The third kappa shape index (κ3) is 4.54. The monoisotopic (exact) mass is 339 g/mol. The smallest absolute Gasteiger partial charge is 0.320 e. The van der Waals surface area contributed by atoms with Gasteiger partial charge in [-0.05, 0) is 18.1 Å². The Kier molecular flexibility index (Phi) is 5.58. The number of carbonyl (C=O) groups excluding carboxylic acids is 1. The highest BCUT2D eigenvalue weighted by Gasteiger charge is 2.06. The first-order valence-corrected chi connectivity index (χ1v) is 8.16. The second-order valence-electron chi connectivity index (χ2n) is 5.62. The van der Waals surface area contributed by atoms with Crippen LogP contribution in [0.5, 0.6) is 0 Å². The second kappa shape index (κ2) is 8.25. The summed E-state index contributed by atoms with van der Waals surface area (Å²) in [7, 11) is 1.64. The molecule has 0 saturated heterocycles. The quantitative estimate of drug-likeness (QED) is 0.649. The van der Waals surface area contributed by atoms with Gasteiger partial charge in [0.05, 0.1) is 12.1 Å². The highest BCUT2D eigenvalue weighted by molar-refractivity contribution is 5.88. The van der Waals surface area contributed by atoms with Crippen LogP contribution >= 0.6 is 0 Å². The Labute approximate surface area is 146 Å². The van der Waals surface area contributed by atoms with Crippen molar-refractivity contribution in [3.05, 3.63) is 54.4 Å². The number of carbonyl (C=O) groups is 1. The Morgan fingerprint density at radius 1 is 1.24 bits per heavy atom. The molecule has 7 nitrogen and oxygen atoms in total. The number of anilines is 1. The van der Waals surface area contributed by atoms with Crippen molar-refractivity contribution in [2.45, 2.75) is 13.0 Å².